The van der Waals surface area contributed by atoms with E-state index in [2.05, 4.69) is 27.3 Å². The predicted octanol–water partition coefficient (Wildman–Crippen LogP) is 3.83. The first kappa shape index (κ1) is 18.5. The molecule has 1 amide bonds. The Morgan fingerprint density at radius 2 is 1.86 bits per heavy atom. The van der Waals surface area contributed by atoms with Crippen LogP contribution >= 0.6 is 0 Å². The van der Waals surface area contributed by atoms with Gasteiger partial charge in [0.2, 0.25) is 5.91 Å². The number of benzene rings is 2. The number of rotatable bonds is 3. The summed E-state index contributed by atoms with van der Waals surface area (Å²) < 4.78 is 0. The second kappa shape index (κ2) is 8.00. The zero-order valence-corrected chi connectivity index (χ0v) is 15.8. The highest BCUT2D eigenvalue weighted by atomic mass is 16.1. The van der Waals surface area contributed by atoms with Crippen molar-refractivity contribution in [2.24, 2.45) is 5.92 Å². The molecule has 3 aromatic rings. The zero-order valence-electron chi connectivity index (χ0n) is 15.8. The third kappa shape index (κ3) is 3.74. The van der Waals surface area contributed by atoms with Crippen molar-refractivity contribution in [3.8, 4) is 12.1 Å². The van der Waals surface area contributed by atoms with Gasteiger partial charge in [-0.1, -0.05) is 24.3 Å². The Morgan fingerprint density at radius 1 is 1.07 bits per heavy atom. The van der Waals surface area contributed by atoms with E-state index in [1.807, 2.05) is 24.3 Å². The number of nitrogens with one attached hydrogen (secondary N) is 1. The van der Waals surface area contributed by atoms with Gasteiger partial charge >= 0.3 is 0 Å². The molecular weight excluding hydrogens is 362 g/mol. The summed E-state index contributed by atoms with van der Waals surface area (Å²) >= 11 is 0. The van der Waals surface area contributed by atoms with Crippen LogP contribution in [0, 0.1) is 28.6 Å². The normalized spacial score (nSPS) is 14.2. The molecule has 0 unspecified atom stereocenters. The van der Waals surface area contributed by atoms with E-state index in [4.69, 9.17) is 5.26 Å². The molecule has 1 aromatic heterocycles. The molecule has 1 fully saturated rings. The molecule has 0 bridgehead atoms. The SMILES string of the molecule is N#Cc1cccc(NC(=O)C2CCN(c3c(C#N)cnc4ccccc34)CC2)c1. The topological polar surface area (TPSA) is 92.8 Å². The molecule has 142 valence electrons. The lowest BCUT2D eigenvalue weighted by Crippen LogP contribution is -2.38. The number of para-hydroxylation sites is 1. The number of nitrogens with zero attached hydrogens (tertiary/aromatic N) is 4. The Balaban J connectivity index is 1.49. The Hall–Kier alpha value is -3.90. The zero-order chi connectivity index (χ0) is 20.2. The molecule has 0 radical (unpaired) electrons. The third-order valence-corrected chi connectivity index (χ3v) is 5.31. The summed E-state index contributed by atoms with van der Waals surface area (Å²) in [6.45, 7) is 1.39. The Morgan fingerprint density at radius 3 is 2.62 bits per heavy atom. The summed E-state index contributed by atoms with van der Waals surface area (Å²) in [7, 11) is 0. The fourth-order valence-electron chi connectivity index (χ4n) is 3.83. The fourth-order valence-corrected chi connectivity index (χ4v) is 3.83. The van der Waals surface area contributed by atoms with Crippen LogP contribution in [-0.2, 0) is 4.79 Å². The Kier molecular flexibility index (Phi) is 5.09. The Labute approximate surface area is 169 Å². The summed E-state index contributed by atoms with van der Waals surface area (Å²) in [5, 5.41) is 22.4. The van der Waals surface area contributed by atoms with Crippen molar-refractivity contribution < 1.29 is 4.79 Å². The summed E-state index contributed by atoms with van der Waals surface area (Å²) in [5.74, 6) is -0.129. The first-order chi connectivity index (χ1) is 14.2. The minimum atomic E-state index is -0.101. The van der Waals surface area contributed by atoms with E-state index in [9.17, 15) is 10.1 Å². The van der Waals surface area contributed by atoms with Crippen molar-refractivity contribution >= 4 is 28.2 Å². The molecule has 29 heavy (non-hydrogen) atoms. The lowest BCUT2D eigenvalue weighted by molar-refractivity contribution is -0.120. The quantitative estimate of drug-likeness (QED) is 0.744. The maximum atomic E-state index is 12.7. The molecule has 0 saturated carbocycles. The molecule has 6 heteroatoms. The lowest BCUT2D eigenvalue weighted by Gasteiger charge is -2.34. The molecule has 6 nitrogen and oxygen atoms in total. The standard InChI is InChI=1S/C23H19N5O/c24-13-16-4-3-5-19(12-16)27-23(29)17-8-10-28(11-9-17)22-18(14-25)15-26-21-7-2-1-6-20(21)22/h1-7,12,15,17H,8-11H2,(H,27,29). The van der Waals surface area contributed by atoms with Crippen molar-refractivity contribution in [3.63, 3.8) is 0 Å². The number of nitriles is 2. The van der Waals surface area contributed by atoms with Crippen LogP contribution in [0.5, 0.6) is 0 Å². The molecule has 1 N–H and O–H groups in total. The van der Waals surface area contributed by atoms with Gasteiger partial charge in [0, 0.05) is 36.3 Å². The number of anilines is 2. The maximum Gasteiger partial charge on any atom is 0.227 e. The lowest BCUT2D eigenvalue weighted by atomic mass is 9.94. The molecular formula is C23H19N5O. The second-order valence-corrected chi connectivity index (χ2v) is 7.09. The molecule has 1 aliphatic rings. The number of aromatic nitrogens is 1. The van der Waals surface area contributed by atoms with E-state index >= 15 is 0 Å². The van der Waals surface area contributed by atoms with Gasteiger partial charge in [0.25, 0.3) is 0 Å². The minimum Gasteiger partial charge on any atom is -0.370 e. The van der Waals surface area contributed by atoms with Gasteiger partial charge in [-0.15, -0.1) is 0 Å². The second-order valence-electron chi connectivity index (χ2n) is 7.09. The van der Waals surface area contributed by atoms with Crippen LogP contribution in [0.25, 0.3) is 10.9 Å². The van der Waals surface area contributed by atoms with E-state index in [0.717, 1.165) is 16.6 Å². The van der Waals surface area contributed by atoms with Crippen LogP contribution in [0.2, 0.25) is 0 Å². The third-order valence-electron chi connectivity index (χ3n) is 5.31. The van der Waals surface area contributed by atoms with Gasteiger partial charge in [0.05, 0.1) is 28.4 Å². The molecule has 0 aliphatic carbocycles. The average molecular weight is 381 g/mol. The van der Waals surface area contributed by atoms with E-state index in [1.54, 1.807) is 30.5 Å². The highest BCUT2D eigenvalue weighted by Crippen LogP contribution is 2.32. The number of amides is 1. The molecule has 1 saturated heterocycles. The number of hydrogen-bond donors (Lipinski definition) is 1. The van der Waals surface area contributed by atoms with E-state index < -0.39 is 0 Å². The van der Waals surface area contributed by atoms with Gasteiger partial charge in [-0.05, 0) is 37.1 Å². The van der Waals surface area contributed by atoms with Crippen LogP contribution in [0.15, 0.2) is 54.7 Å². The minimum absolute atomic E-state index is 0.0279. The van der Waals surface area contributed by atoms with Crippen molar-refractivity contribution in [1.82, 2.24) is 4.98 Å². The van der Waals surface area contributed by atoms with Crippen LogP contribution in [0.4, 0.5) is 11.4 Å². The average Bonchev–Trinajstić information content (AvgIpc) is 2.78. The van der Waals surface area contributed by atoms with Crippen molar-refractivity contribution in [3.05, 3.63) is 65.9 Å². The van der Waals surface area contributed by atoms with Gasteiger partial charge in [0.15, 0.2) is 0 Å². The summed E-state index contributed by atoms with van der Waals surface area (Å²) in [5.41, 5.74) is 3.48. The first-order valence-electron chi connectivity index (χ1n) is 9.53. The van der Waals surface area contributed by atoms with Crippen molar-refractivity contribution in [2.45, 2.75) is 12.8 Å². The maximum absolute atomic E-state index is 12.7. The van der Waals surface area contributed by atoms with Gasteiger partial charge in [-0.2, -0.15) is 10.5 Å². The van der Waals surface area contributed by atoms with Gasteiger partial charge in [-0.3, -0.25) is 9.78 Å². The molecule has 1 aliphatic heterocycles. The monoisotopic (exact) mass is 381 g/mol. The number of carbonyl (C=O) groups is 1. The molecule has 2 heterocycles. The fraction of sp³-hybridized carbons (Fsp3) is 0.217. The predicted molar refractivity (Wildman–Crippen MR) is 111 cm³/mol. The van der Waals surface area contributed by atoms with Crippen LogP contribution in [0.3, 0.4) is 0 Å². The molecule has 0 atom stereocenters. The van der Waals surface area contributed by atoms with Crippen LogP contribution < -0.4 is 10.2 Å². The summed E-state index contributed by atoms with van der Waals surface area (Å²) in [4.78, 5) is 19.2. The Bertz CT molecular complexity index is 1150. The number of fused-ring (bicyclic) bond motifs is 1. The van der Waals surface area contributed by atoms with E-state index in [1.165, 1.54) is 0 Å². The smallest absolute Gasteiger partial charge is 0.227 e. The number of hydrogen-bond acceptors (Lipinski definition) is 5. The van der Waals surface area contributed by atoms with E-state index in [0.29, 0.717) is 42.7 Å². The summed E-state index contributed by atoms with van der Waals surface area (Å²) in [6.07, 6.45) is 3.02. The first-order valence-corrected chi connectivity index (χ1v) is 9.53. The van der Waals surface area contributed by atoms with Gasteiger partial charge in [0.1, 0.15) is 6.07 Å². The highest BCUT2D eigenvalue weighted by molar-refractivity contribution is 5.95. The number of carbonyl (C=O) groups excluding carboxylic acids is 1. The molecule has 0 spiro atoms. The number of pyridine rings is 1. The largest absolute Gasteiger partial charge is 0.370 e. The molecule has 4 rings (SSSR count). The molecule has 2 aromatic carbocycles. The van der Waals surface area contributed by atoms with E-state index in [-0.39, 0.29) is 11.8 Å². The van der Waals surface area contributed by atoms with Crippen LogP contribution in [0.1, 0.15) is 24.0 Å². The number of piperidine rings is 1. The van der Waals surface area contributed by atoms with Gasteiger partial charge < -0.3 is 10.2 Å². The summed E-state index contributed by atoms with van der Waals surface area (Å²) in [6, 6.07) is 19.1. The van der Waals surface area contributed by atoms with Crippen molar-refractivity contribution in [1.29, 1.82) is 10.5 Å². The van der Waals surface area contributed by atoms with Gasteiger partial charge in [-0.25, -0.2) is 0 Å². The highest BCUT2D eigenvalue weighted by Gasteiger charge is 2.27. The van der Waals surface area contributed by atoms with Crippen molar-refractivity contribution in [2.75, 3.05) is 23.3 Å². The van der Waals surface area contributed by atoms with Crippen LogP contribution in [-0.4, -0.2) is 24.0 Å².